The van der Waals surface area contributed by atoms with Crippen LogP contribution >= 0.6 is 22.6 Å². The second-order valence-corrected chi connectivity index (χ2v) is 4.27. The van der Waals surface area contributed by atoms with Gasteiger partial charge in [-0.15, -0.1) is 0 Å². The number of halogens is 1. The molecule has 0 saturated carbocycles. The maximum Gasteiger partial charge on any atom is 0.354 e. The third-order valence-corrected chi connectivity index (χ3v) is 3.05. The molecule has 1 N–H and O–H groups in total. The zero-order valence-electron chi connectivity index (χ0n) is 8.21. The molecule has 0 aliphatic carbocycles. The fourth-order valence-corrected chi connectivity index (χ4v) is 2.09. The van der Waals surface area contributed by atoms with Gasteiger partial charge in [-0.05, 0) is 47.7 Å². The van der Waals surface area contributed by atoms with Crippen LogP contribution in [0, 0.1) is 3.57 Å². The SMILES string of the molecule is CCOC(=O)c1cc2c(I)cccc2[nH]1. The molecule has 78 valence electrons. The van der Waals surface area contributed by atoms with Gasteiger partial charge in [0, 0.05) is 14.5 Å². The molecule has 0 fully saturated rings. The molecule has 15 heavy (non-hydrogen) atoms. The quantitative estimate of drug-likeness (QED) is 0.684. The number of fused-ring (bicyclic) bond motifs is 1. The lowest BCUT2D eigenvalue weighted by molar-refractivity contribution is 0.0520. The molecule has 0 aliphatic rings. The molecule has 1 aromatic carbocycles. The molecule has 0 aliphatic heterocycles. The smallest absolute Gasteiger partial charge is 0.354 e. The van der Waals surface area contributed by atoms with Gasteiger partial charge in [0.05, 0.1) is 6.61 Å². The van der Waals surface area contributed by atoms with Gasteiger partial charge >= 0.3 is 5.97 Å². The van der Waals surface area contributed by atoms with Crippen molar-refractivity contribution in [3.8, 4) is 0 Å². The highest BCUT2D eigenvalue weighted by molar-refractivity contribution is 14.1. The van der Waals surface area contributed by atoms with Crippen molar-refractivity contribution < 1.29 is 9.53 Å². The third kappa shape index (κ3) is 1.99. The number of rotatable bonds is 2. The number of carbonyl (C=O) groups excluding carboxylic acids is 1. The first-order chi connectivity index (χ1) is 7.22. The summed E-state index contributed by atoms with van der Waals surface area (Å²) in [6, 6.07) is 7.73. The van der Waals surface area contributed by atoms with Crippen LogP contribution in [-0.2, 0) is 4.74 Å². The first-order valence-electron chi connectivity index (χ1n) is 4.66. The summed E-state index contributed by atoms with van der Waals surface area (Å²) in [6.45, 7) is 2.19. The van der Waals surface area contributed by atoms with Crippen LogP contribution in [0.25, 0.3) is 10.9 Å². The lowest BCUT2D eigenvalue weighted by atomic mass is 10.2. The van der Waals surface area contributed by atoms with E-state index in [0.29, 0.717) is 12.3 Å². The number of aromatic amines is 1. The first kappa shape index (κ1) is 10.5. The maximum atomic E-state index is 11.5. The van der Waals surface area contributed by atoms with Crippen LogP contribution in [0.3, 0.4) is 0 Å². The van der Waals surface area contributed by atoms with E-state index in [4.69, 9.17) is 4.74 Å². The van der Waals surface area contributed by atoms with Crippen molar-refractivity contribution in [3.05, 3.63) is 33.5 Å². The molecule has 1 heterocycles. The third-order valence-electron chi connectivity index (χ3n) is 2.11. The summed E-state index contributed by atoms with van der Waals surface area (Å²) in [6.07, 6.45) is 0. The van der Waals surface area contributed by atoms with Crippen LogP contribution < -0.4 is 0 Å². The van der Waals surface area contributed by atoms with Crippen LogP contribution in [0.4, 0.5) is 0 Å². The summed E-state index contributed by atoms with van der Waals surface area (Å²) in [4.78, 5) is 14.5. The molecule has 0 radical (unpaired) electrons. The summed E-state index contributed by atoms with van der Waals surface area (Å²) >= 11 is 2.24. The number of benzene rings is 1. The summed E-state index contributed by atoms with van der Waals surface area (Å²) in [7, 11) is 0. The Morgan fingerprint density at radius 2 is 2.33 bits per heavy atom. The Morgan fingerprint density at radius 3 is 3.00 bits per heavy atom. The van der Waals surface area contributed by atoms with Gasteiger partial charge in [0.15, 0.2) is 0 Å². The highest BCUT2D eigenvalue weighted by Crippen LogP contribution is 2.21. The molecule has 2 aromatic rings. The highest BCUT2D eigenvalue weighted by atomic mass is 127. The van der Waals surface area contributed by atoms with Crippen LogP contribution in [0.15, 0.2) is 24.3 Å². The molecule has 0 bridgehead atoms. The van der Waals surface area contributed by atoms with Crippen molar-refractivity contribution in [2.45, 2.75) is 6.92 Å². The first-order valence-corrected chi connectivity index (χ1v) is 5.74. The van der Waals surface area contributed by atoms with Crippen molar-refractivity contribution in [1.82, 2.24) is 4.98 Å². The molecule has 1 aromatic heterocycles. The molecule has 0 saturated heterocycles. The lowest BCUT2D eigenvalue weighted by Gasteiger charge is -1.96. The lowest BCUT2D eigenvalue weighted by Crippen LogP contribution is -2.04. The fourth-order valence-electron chi connectivity index (χ4n) is 1.44. The minimum atomic E-state index is -0.301. The standard InChI is InChI=1S/C11H10INO2/c1-2-15-11(14)10-6-7-8(12)4-3-5-9(7)13-10/h3-6,13H,2H2,1H3. The minimum absolute atomic E-state index is 0.301. The Balaban J connectivity index is 2.47. The fraction of sp³-hybridized carbons (Fsp3) is 0.182. The Hall–Kier alpha value is -1.04. The van der Waals surface area contributed by atoms with E-state index in [1.54, 1.807) is 6.92 Å². The number of aromatic nitrogens is 1. The number of nitrogens with one attached hydrogen (secondary N) is 1. The largest absolute Gasteiger partial charge is 0.461 e. The zero-order valence-corrected chi connectivity index (χ0v) is 10.4. The average Bonchev–Trinajstić information content (AvgIpc) is 2.63. The van der Waals surface area contributed by atoms with Gasteiger partial charge in [-0.3, -0.25) is 0 Å². The number of H-pyrrole nitrogens is 1. The number of hydrogen-bond acceptors (Lipinski definition) is 2. The van der Waals surface area contributed by atoms with E-state index in [1.165, 1.54) is 0 Å². The summed E-state index contributed by atoms with van der Waals surface area (Å²) in [5.74, 6) is -0.301. The number of carbonyl (C=O) groups is 1. The van der Waals surface area contributed by atoms with Gasteiger partial charge in [-0.2, -0.15) is 0 Å². The maximum absolute atomic E-state index is 11.5. The van der Waals surface area contributed by atoms with E-state index in [9.17, 15) is 4.79 Å². The van der Waals surface area contributed by atoms with Gasteiger partial charge in [0.25, 0.3) is 0 Å². The minimum Gasteiger partial charge on any atom is -0.461 e. The topological polar surface area (TPSA) is 42.1 Å². The Labute approximate surface area is 101 Å². The number of hydrogen-bond donors (Lipinski definition) is 1. The Morgan fingerprint density at radius 1 is 1.53 bits per heavy atom. The Bertz CT molecular complexity index is 504. The van der Waals surface area contributed by atoms with E-state index >= 15 is 0 Å². The average molecular weight is 315 g/mol. The van der Waals surface area contributed by atoms with Crippen LogP contribution in [-0.4, -0.2) is 17.6 Å². The van der Waals surface area contributed by atoms with E-state index < -0.39 is 0 Å². The molecule has 0 amide bonds. The van der Waals surface area contributed by atoms with Crippen molar-refractivity contribution in [1.29, 1.82) is 0 Å². The van der Waals surface area contributed by atoms with Gasteiger partial charge in [0.1, 0.15) is 5.69 Å². The monoisotopic (exact) mass is 315 g/mol. The highest BCUT2D eigenvalue weighted by Gasteiger charge is 2.10. The van der Waals surface area contributed by atoms with Crippen molar-refractivity contribution >= 4 is 39.5 Å². The predicted octanol–water partition coefficient (Wildman–Crippen LogP) is 2.95. The summed E-state index contributed by atoms with van der Waals surface area (Å²) < 4.78 is 6.05. The van der Waals surface area contributed by atoms with Gasteiger partial charge in [0.2, 0.25) is 0 Å². The van der Waals surface area contributed by atoms with Crippen LogP contribution in [0.1, 0.15) is 17.4 Å². The molecule has 3 nitrogen and oxygen atoms in total. The molecule has 4 heteroatoms. The number of ether oxygens (including phenoxy) is 1. The van der Waals surface area contributed by atoms with Gasteiger partial charge < -0.3 is 9.72 Å². The Kier molecular flexibility index (Phi) is 2.95. The van der Waals surface area contributed by atoms with Crippen molar-refractivity contribution in [2.75, 3.05) is 6.61 Å². The summed E-state index contributed by atoms with van der Waals surface area (Å²) in [5.41, 5.74) is 1.47. The second-order valence-electron chi connectivity index (χ2n) is 3.10. The van der Waals surface area contributed by atoms with E-state index in [1.807, 2.05) is 24.3 Å². The summed E-state index contributed by atoms with van der Waals surface area (Å²) in [5, 5.41) is 1.06. The van der Waals surface area contributed by atoms with E-state index in [0.717, 1.165) is 14.5 Å². The molecule has 0 atom stereocenters. The van der Waals surface area contributed by atoms with Crippen molar-refractivity contribution in [2.24, 2.45) is 0 Å². The van der Waals surface area contributed by atoms with Gasteiger partial charge in [-0.25, -0.2) is 4.79 Å². The molecular formula is C11H10INO2. The normalized spacial score (nSPS) is 10.5. The van der Waals surface area contributed by atoms with E-state index in [-0.39, 0.29) is 5.97 Å². The van der Waals surface area contributed by atoms with Crippen LogP contribution in [0.2, 0.25) is 0 Å². The molecular weight excluding hydrogens is 305 g/mol. The zero-order chi connectivity index (χ0) is 10.8. The number of esters is 1. The molecule has 0 spiro atoms. The molecule has 0 unspecified atom stereocenters. The second kappa shape index (κ2) is 4.22. The van der Waals surface area contributed by atoms with E-state index in [2.05, 4.69) is 27.6 Å². The molecule has 2 rings (SSSR count). The van der Waals surface area contributed by atoms with Gasteiger partial charge in [-0.1, -0.05) is 6.07 Å². The predicted molar refractivity (Wildman–Crippen MR) is 67.0 cm³/mol. The van der Waals surface area contributed by atoms with Crippen LogP contribution in [0.5, 0.6) is 0 Å². The van der Waals surface area contributed by atoms with Crippen molar-refractivity contribution in [3.63, 3.8) is 0 Å².